The fourth-order valence-electron chi connectivity index (χ4n) is 2.49. The van der Waals surface area contributed by atoms with Gasteiger partial charge in [0.15, 0.2) is 5.96 Å². The minimum Gasteiger partial charge on any atom is -0.356 e. The van der Waals surface area contributed by atoms with Crippen LogP contribution in [0.25, 0.3) is 0 Å². The molecule has 1 amide bonds. The van der Waals surface area contributed by atoms with Gasteiger partial charge in [-0.05, 0) is 44.5 Å². The van der Waals surface area contributed by atoms with Crippen LogP contribution in [0.15, 0.2) is 35.3 Å². The summed E-state index contributed by atoms with van der Waals surface area (Å²) in [5.74, 6) is -0.134. The molecule has 7 nitrogen and oxygen atoms in total. The van der Waals surface area contributed by atoms with Gasteiger partial charge in [0.1, 0.15) is 5.82 Å². The van der Waals surface area contributed by atoms with Crippen LogP contribution >= 0.6 is 24.0 Å². The zero-order valence-electron chi connectivity index (χ0n) is 15.8. The molecule has 0 saturated carbocycles. The molecule has 1 heterocycles. The lowest BCUT2D eigenvalue weighted by atomic mass is 10.3. The average molecular weight is 488 g/mol. The van der Waals surface area contributed by atoms with Crippen LogP contribution in [0.3, 0.4) is 0 Å². The van der Waals surface area contributed by atoms with Gasteiger partial charge in [-0.3, -0.25) is 14.5 Å². The number of hydrogen-bond acceptors (Lipinski definition) is 3. The van der Waals surface area contributed by atoms with Gasteiger partial charge < -0.3 is 16.0 Å². The highest BCUT2D eigenvalue weighted by atomic mass is 127. The molecule has 2 aromatic rings. The van der Waals surface area contributed by atoms with Crippen LogP contribution in [0.1, 0.15) is 17.8 Å². The highest BCUT2D eigenvalue weighted by Gasteiger charge is 2.05. The molecule has 2 rings (SSSR count). The zero-order chi connectivity index (χ0) is 18.9. The maximum absolute atomic E-state index is 13.1. The van der Waals surface area contributed by atoms with Crippen molar-refractivity contribution in [1.82, 2.24) is 20.4 Å². The monoisotopic (exact) mass is 488 g/mol. The van der Waals surface area contributed by atoms with E-state index in [4.69, 9.17) is 0 Å². The number of anilines is 1. The molecule has 0 saturated heterocycles. The van der Waals surface area contributed by atoms with Gasteiger partial charge in [-0.2, -0.15) is 5.10 Å². The Morgan fingerprint density at radius 1 is 1.26 bits per heavy atom. The molecule has 0 bridgehead atoms. The molecule has 0 spiro atoms. The van der Waals surface area contributed by atoms with Crippen molar-refractivity contribution >= 4 is 41.5 Å². The minimum atomic E-state index is -0.393. The van der Waals surface area contributed by atoms with Gasteiger partial charge in [0.05, 0.1) is 12.2 Å². The number of amides is 1. The summed E-state index contributed by atoms with van der Waals surface area (Å²) in [6, 6.07) is 7.82. The molecular formula is C18H26FIN6O. The second-order valence-electron chi connectivity index (χ2n) is 5.91. The van der Waals surface area contributed by atoms with Crippen LogP contribution < -0.4 is 16.0 Å². The van der Waals surface area contributed by atoms with E-state index in [0.29, 0.717) is 18.2 Å². The van der Waals surface area contributed by atoms with Gasteiger partial charge in [0.25, 0.3) is 0 Å². The fourth-order valence-corrected chi connectivity index (χ4v) is 2.49. The molecule has 0 aliphatic carbocycles. The lowest BCUT2D eigenvalue weighted by molar-refractivity contribution is -0.115. The third-order valence-corrected chi connectivity index (χ3v) is 3.69. The van der Waals surface area contributed by atoms with Crippen LogP contribution in [0.4, 0.5) is 10.1 Å². The van der Waals surface area contributed by atoms with E-state index >= 15 is 0 Å². The largest absolute Gasteiger partial charge is 0.356 e. The Balaban J connectivity index is 0.00000364. The van der Waals surface area contributed by atoms with Gasteiger partial charge in [0, 0.05) is 31.5 Å². The van der Waals surface area contributed by atoms with Gasteiger partial charge >= 0.3 is 0 Å². The summed E-state index contributed by atoms with van der Waals surface area (Å²) >= 11 is 0. The fraction of sp³-hybridized carbons (Fsp3) is 0.389. The van der Waals surface area contributed by atoms with E-state index in [1.807, 2.05) is 24.6 Å². The minimum absolute atomic E-state index is 0. The molecule has 0 unspecified atom stereocenters. The van der Waals surface area contributed by atoms with E-state index in [0.717, 1.165) is 24.4 Å². The summed E-state index contributed by atoms with van der Waals surface area (Å²) in [7, 11) is 1.64. The highest BCUT2D eigenvalue weighted by molar-refractivity contribution is 14.0. The molecule has 27 heavy (non-hydrogen) atoms. The number of carbonyl (C=O) groups is 1. The molecule has 9 heteroatoms. The molecule has 0 radical (unpaired) electrons. The number of halogens is 2. The van der Waals surface area contributed by atoms with Crippen molar-refractivity contribution in [2.24, 2.45) is 4.99 Å². The third kappa shape index (κ3) is 7.94. The normalized spacial score (nSPS) is 10.9. The van der Waals surface area contributed by atoms with Crippen molar-refractivity contribution < 1.29 is 9.18 Å². The number of carbonyl (C=O) groups excluding carboxylic acids is 1. The first-order valence-corrected chi connectivity index (χ1v) is 8.49. The van der Waals surface area contributed by atoms with Gasteiger partial charge in [-0.1, -0.05) is 6.07 Å². The smallest absolute Gasteiger partial charge is 0.243 e. The molecule has 0 fully saturated rings. The second-order valence-corrected chi connectivity index (χ2v) is 5.91. The van der Waals surface area contributed by atoms with Gasteiger partial charge in [-0.15, -0.1) is 24.0 Å². The summed E-state index contributed by atoms with van der Waals surface area (Å²) in [5.41, 5.74) is 2.57. The molecular weight excluding hydrogens is 462 g/mol. The maximum atomic E-state index is 13.1. The first-order chi connectivity index (χ1) is 12.5. The predicted molar refractivity (Wildman–Crippen MR) is 116 cm³/mol. The Labute approximate surface area is 175 Å². The summed E-state index contributed by atoms with van der Waals surface area (Å²) in [6.45, 7) is 5.55. The third-order valence-electron chi connectivity index (χ3n) is 3.69. The summed E-state index contributed by atoms with van der Waals surface area (Å²) in [4.78, 5) is 16.0. The maximum Gasteiger partial charge on any atom is 0.243 e. The first kappa shape index (κ1) is 22.9. The van der Waals surface area contributed by atoms with E-state index in [1.165, 1.54) is 12.1 Å². The topological polar surface area (TPSA) is 83.3 Å². The predicted octanol–water partition coefficient (Wildman–Crippen LogP) is 2.45. The number of aliphatic imine (C=N–C) groups is 1. The summed E-state index contributed by atoms with van der Waals surface area (Å²) < 4.78 is 15.1. The van der Waals surface area contributed by atoms with Crippen molar-refractivity contribution in [3.05, 3.63) is 47.5 Å². The molecule has 0 aliphatic heterocycles. The van der Waals surface area contributed by atoms with E-state index in [1.54, 1.807) is 19.2 Å². The Kier molecular flexibility index (Phi) is 9.76. The zero-order valence-corrected chi connectivity index (χ0v) is 18.1. The van der Waals surface area contributed by atoms with Crippen LogP contribution in [0.2, 0.25) is 0 Å². The Morgan fingerprint density at radius 3 is 2.67 bits per heavy atom. The van der Waals surface area contributed by atoms with E-state index in [-0.39, 0.29) is 36.4 Å². The lowest BCUT2D eigenvalue weighted by Gasteiger charge is -2.12. The second kappa shape index (κ2) is 11.5. The molecule has 148 valence electrons. The summed E-state index contributed by atoms with van der Waals surface area (Å²) in [5, 5.41) is 13.1. The standard InChI is InChI=1S/C18H25FN6O.HI/c1-13-10-14(2)25(24-13)9-5-8-21-18(20-3)22-12-17(26)23-16-7-4-6-15(19)11-16;/h4,6-7,10-11H,5,8-9,12H2,1-3H3,(H,23,26)(H2,20,21,22);1H. The van der Waals surface area contributed by atoms with E-state index in [2.05, 4.69) is 26.0 Å². The van der Waals surface area contributed by atoms with Crippen LogP contribution in [0, 0.1) is 19.7 Å². The SMILES string of the molecule is CN=C(NCCCn1nc(C)cc1C)NCC(=O)Nc1cccc(F)c1.I. The van der Waals surface area contributed by atoms with Crippen molar-refractivity contribution in [1.29, 1.82) is 0 Å². The Hall–Kier alpha value is -2.17. The number of aromatic nitrogens is 2. The van der Waals surface area contributed by atoms with E-state index in [9.17, 15) is 9.18 Å². The van der Waals surface area contributed by atoms with Crippen molar-refractivity contribution in [2.75, 3.05) is 25.5 Å². The first-order valence-electron chi connectivity index (χ1n) is 8.49. The number of nitrogens with one attached hydrogen (secondary N) is 3. The van der Waals surface area contributed by atoms with Crippen LogP contribution in [0.5, 0.6) is 0 Å². The number of rotatable bonds is 7. The molecule has 0 atom stereocenters. The average Bonchev–Trinajstić information content (AvgIpc) is 2.91. The molecule has 1 aromatic heterocycles. The van der Waals surface area contributed by atoms with Crippen LogP contribution in [-0.2, 0) is 11.3 Å². The van der Waals surface area contributed by atoms with E-state index < -0.39 is 5.82 Å². The highest BCUT2D eigenvalue weighted by Crippen LogP contribution is 2.08. The Morgan fingerprint density at radius 2 is 2.04 bits per heavy atom. The molecule has 1 aromatic carbocycles. The summed E-state index contributed by atoms with van der Waals surface area (Å²) in [6.07, 6.45) is 0.873. The molecule has 0 aliphatic rings. The van der Waals surface area contributed by atoms with Crippen molar-refractivity contribution in [3.8, 4) is 0 Å². The Bertz CT molecular complexity index is 777. The number of nitrogens with zero attached hydrogens (tertiary/aromatic N) is 3. The number of hydrogen-bond donors (Lipinski definition) is 3. The number of benzene rings is 1. The van der Waals surface area contributed by atoms with Gasteiger partial charge in [0.2, 0.25) is 5.91 Å². The lowest BCUT2D eigenvalue weighted by Crippen LogP contribution is -2.41. The number of aryl methyl sites for hydroxylation is 3. The molecule has 3 N–H and O–H groups in total. The van der Waals surface area contributed by atoms with Crippen LogP contribution in [-0.4, -0.2) is 41.8 Å². The number of guanidine groups is 1. The quantitative estimate of drug-likeness (QED) is 0.242. The van der Waals surface area contributed by atoms with Gasteiger partial charge in [-0.25, -0.2) is 4.39 Å². The van der Waals surface area contributed by atoms with Crippen molar-refractivity contribution in [3.63, 3.8) is 0 Å². The van der Waals surface area contributed by atoms with Crippen molar-refractivity contribution in [2.45, 2.75) is 26.8 Å².